The summed E-state index contributed by atoms with van der Waals surface area (Å²) in [6.07, 6.45) is 0.00436. The third-order valence-corrected chi connectivity index (χ3v) is 8.45. The van der Waals surface area contributed by atoms with Crippen LogP contribution in [0.2, 0.25) is 10.0 Å². The molecule has 1 heterocycles. The molecule has 0 bridgehead atoms. The van der Waals surface area contributed by atoms with E-state index < -0.39 is 22.0 Å². The van der Waals surface area contributed by atoms with E-state index in [-0.39, 0.29) is 54.1 Å². The summed E-state index contributed by atoms with van der Waals surface area (Å²) in [6, 6.07) is 10.2. The molecule has 0 radical (unpaired) electrons. The number of halogens is 2. The first-order chi connectivity index (χ1) is 16.9. The highest BCUT2D eigenvalue weighted by atomic mass is 35.5. The molecular weight excluding hydrogens is 525 g/mol. The molecule has 36 heavy (non-hydrogen) atoms. The summed E-state index contributed by atoms with van der Waals surface area (Å²) in [5, 5.41) is 3.55. The lowest BCUT2D eigenvalue weighted by atomic mass is 10.1. The fourth-order valence-corrected chi connectivity index (χ4v) is 5.98. The number of benzene rings is 2. The first kappa shape index (κ1) is 28.0. The Labute approximate surface area is 221 Å². The van der Waals surface area contributed by atoms with Crippen LogP contribution < -0.4 is 5.32 Å². The first-order valence-corrected chi connectivity index (χ1v) is 13.8. The second-order valence-corrected chi connectivity index (χ2v) is 11.7. The van der Waals surface area contributed by atoms with E-state index in [2.05, 4.69) is 5.32 Å². The number of nitrogens with one attached hydrogen (secondary N) is 1. The minimum atomic E-state index is -3.96. The number of carbonyl (C=O) groups is 3. The summed E-state index contributed by atoms with van der Waals surface area (Å²) >= 11 is 12.6. The average molecular weight is 554 g/mol. The lowest BCUT2D eigenvalue weighted by Crippen LogP contribution is -2.48. The average Bonchev–Trinajstić information content (AvgIpc) is 3.02. The largest absolute Gasteiger partial charge is 0.354 e. The minimum Gasteiger partial charge on any atom is -0.354 e. The molecule has 0 fully saturated rings. The number of hydrogen-bond donors (Lipinski definition) is 1. The SMILES string of the molecule is CC(C)CNC(=O)[C@@H](C)N(Cc1c(Cl)cccc1Cl)C(=O)CCCN1C(=O)c2ccccc2S1(=O)=O. The van der Waals surface area contributed by atoms with Crippen molar-refractivity contribution >= 4 is 50.9 Å². The van der Waals surface area contributed by atoms with E-state index in [1.165, 1.54) is 17.0 Å². The van der Waals surface area contributed by atoms with Crippen LogP contribution in [0.5, 0.6) is 0 Å². The van der Waals surface area contributed by atoms with Crippen molar-refractivity contribution in [1.82, 2.24) is 14.5 Å². The summed E-state index contributed by atoms with van der Waals surface area (Å²) in [5.41, 5.74) is 0.625. The van der Waals surface area contributed by atoms with Gasteiger partial charge in [-0.3, -0.25) is 14.4 Å². The first-order valence-electron chi connectivity index (χ1n) is 11.6. The maximum Gasteiger partial charge on any atom is 0.269 e. The zero-order valence-electron chi connectivity index (χ0n) is 20.3. The van der Waals surface area contributed by atoms with Gasteiger partial charge in [0.15, 0.2) is 0 Å². The van der Waals surface area contributed by atoms with Crippen LogP contribution in [0.3, 0.4) is 0 Å². The number of sulfonamides is 1. The quantitative estimate of drug-likeness (QED) is 0.476. The number of amides is 3. The number of carbonyl (C=O) groups excluding carboxylic acids is 3. The topological polar surface area (TPSA) is 104 Å². The molecule has 1 aliphatic heterocycles. The molecule has 0 unspecified atom stereocenters. The van der Waals surface area contributed by atoms with E-state index in [4.69, 9.17) is 23.2 Å². The number of fused-ring (bicyclic) bond motifs is 1. The molecule has 0 aliphatic carbocycles. The Kier molecular flexibility index (Phi) is 9.03. The Hall–Kier alpha value is -2.62. The highest BCUT2D eigenvalue weighted by Crippen LogP contribution is 2.30. The van der Waals surface area contributed by atoms with Crippen molar-refractivity contribution in [3.05, 3.63) is 63.6 Å². The van der Waals surface area contributed by atoms with Crippen LogP contribution in [0.25, 0.3) is 0 Å². The fraction of sp³-hybridized carbons (Fsp3) is 0.400. The van der Waals surface area contributed by atoms with Gasteiger partial charge in [-0.15, -0.1) is 0 Å². The maximum absolute atomic E-state index is 13.3. The molecule has 1 aliphatic rings. The second-order valence-electron chi connectivity index (χ2n) is 9.02. The van der Waals surface area contributed by atoms with Gasteiger partial charge in [-0.2, -0.15) is 0 Å². The third-order valence-electron chi connectivity index (χ3n) is 5.91. The van der Waals surface area contributed by atoms with Crippen molar-refractivity contribution in [2.24, 2.45) is 5.92 Å². The predicted octanol–water partition coefficient (Wildman–Crippen LogP) is 4.11. The number of hydrogen-bond acceptors (Lipinski definition) is 5. The molecule has 2 aromatic carbocycles. The summed E-state index contributed by atoms with van der Waals surface area (Å²) < 4.78 is 26.3. The van der Waals surface area contributed by atoms with Gasteiger partial charge in [0.05, 0.1) is 5.56 Å². The molecule has 1 atom stereocenters. The van der Waals surface area contributed by atoms with Crippen molar-refractivity contribution < 1.29 is 22.8 Å². The van der Waals surface area contributed by atoms with Gasteiger partial charge in [0.1, 0.15) is 10.9 Å². The fourth-order valence-electron chi connectivity index (χ4n) is 3.86. The molecule has 2 aromatic rings. The van der Waals surface area contributed by atoms with Crippen molar-refractivity contribution in [2.75, 3.05) is 13.1 Å². The van der Waals surface area contributed by atoms with Crippen molar-refractivity contribution in [1.29, 1.82) is 0 Å². The zero-order chi connectivity index (χ0) is 26.6. The molecule has 0 spiro atoms. The summed E-state index contributed by atoms with van der Waals surface area (Å²) in [7, 11) is -3.96. The van der Waals surface area contributed by atoms with Gasteiger partial charge in [-0.1, -0.05) is 55.2 Å². The Balaban J connectivity index is 1.74. The maximum atomic E-state index is 13.3. The molecular formula is C25H29Cl2N3O5S. The smallest absolute Gasteiger partial charge is 0.269 e. The Morgan fingerprint density at radius 1 is 1.03 bits per heavy atom. The molecule has 0 aromatic heterocycles. The monoisotopic (exact) mass is 553 g/mol. The van der Waals surface area contributed by atoms with E-state index in [0.717, 1.165) is 4.31 Å². The summed E-state index contributed by atoms with van der Waals surface area (Å²) in [5.74, 6) is -1.10. The predicted molar refractivity (Wildman–Crippen MR) is 138 cm³/mol. The van der Waals surface area contributed by atoms with E-state index in [0.29, 0.717) is 22.2 Å². The highest BCUT2D eigenvalue weighted by Gasteiger charge is 2.40. The molecule has 3 amide bonds. The van der Waals surface area contributed by atoms with E-state index in [1.54, 1.807) is 37.3 Å². The Bertz CT molecular complexity index is 1250. The van der Waals surface area contributed by atoms with Crippen molar-refractivity contribution in [3.63, 3.8) is 0 Å². The highest BCUT2D eigenvalue weighted by molar-refractivity contribution is 7.90. The molecule has 11 heteroatoms. The van der Waals surface area contributed by atoms with Gasteiger partial charge in [0, 0.05) is 41.7 Å². The van der Waals surface area contributed by atoms with Crippen LogP contribution in [-0.2, 0) is 26.2 Å². The van der Waals surface area contributed by atoms with Crippen LogP contribution >= 0.6 is 23.2 Å². The lowest BCUT2D eigenvalue weighted by Gasteiger charge is -2.30. The van der Waals surface area contributed by atoms with Crippen LogP contribution in [0.15, 0.2) is 47.4 Å². The van der Waals surface area contributed by atoms with E-state index in [1.807, 2.05) is 13.8 Å². The molecule has 0 saturated heterocycles. The van der Waals surface area contributed by atoms with E-state index in [9.17, 15) is 22.8 Å². The van der Waals surface area contributed by atoms with Gasteiger partial charge in [0.25, 0.3) is 15.9 Å². The lowest BCUT2D eigenvalue weighted by molar-refractivity contribution is -0.140. The van der Waals surface area contributed by atoms with Crippen LogP contribution in [-0.4, -0.2) is 54.5 Å². The van der Waals surface area contributed by atoms with Crippen LogP contribution in [0, 0.1) is 5.92 Å². The Morgan fingerprint density at radius 3 is 2.28 bits per heavy atom. The number of nitrogens with zero attached hydrogens (tertiary/aromatic N) is 2. The van der Waals surface area contributed by atoms with Gasteiger partial charge in [-0.05, 0) is 43.5 Å². The second kappa shape index (κ2) is 11.6. The number of rotatable bonds is 10. The zero-order valence-corrected chi connectivity index (χ0v) is 22.7. The third kappa shape index (κ3) is 6.02. The van der Waals surface area contributed by atoms with Gasteiger partial charge < -0.3 is 10.2 Å². The molecule has 8 nitrogen and oxygen atoms in total. The van der Waals surface area contributed by atoms with Gasteiger partial charge >= 0.3 is 0 Å². The van der Waals surface area contributed by atoms with Crippen molar-refractivity contribution in [3.8, 4) is 0 Å². The van der Waals surface area contributed by atoms with Crippen LogP contribution in [0.1, 0.15) is 49.5 Å². The van der Waals surface area contributed by atoms with Gasteiger partial charge in [-0.25, -0.2) is 12.7 Å². The van der Waals surface area contributed by atoms with Crippen LogP contribution in [0.4, 0.5) is 0 Å². The van der Waals surface area contributed by atoms with E-state index >= 15 is 0 Å². The molecule has 0 saturated carbocycles. The standard InChI is InChI=1S/C25H29Cl2N3O5S/c1-16(2)14-28-24(32)17(3)29(15-19-20(26)9-6-10-21(19)27)23(31)12-7-13-30-25(33)18-8-4-5-11-22(18)36(30,34)35/h4-6,8-11,16-17H,7,12-15H2,1-3H3,(H,28,32)/t17-/m1/s1. The molecule has 1 N–H and O–H groups in total. The van der Waals surface area contributed by atoms with Crippen molar-refractivity contribution in [2.45, 2.75) is 51.1 Å². The normalized spacial score (nSPS) is 15.1. The Morgan fingerprint density at radius 2 is 1.67 bits per heavy atom. The van der Waals surface area contributed by atoms with Gasteiger partial charge in [0.2, 0.25) is 11.8 Å². The molecule has 3 rings (SSSR count). The molecule has 194 valence electrons. The summed E-state index contributed by atoms with van der Waals surface area (Å²) in [4.78, 5) is 40.1. The minimum absolute atomic E-state index is 0.00000996. The summed E-state index contributed by atoms with van der Waals surface area (Å²) in [6.45, 7) is 5.83.